The number of primary amides is 1. The van der Waals surface area contributed by atoms with Gasteiger partial charge in [0.1, 0.15) is 6.29 Å². The average Bonchev–Trinajstić information content (AvgIpc) is 3.00. The summed E-state index contributed by atoms with van der Waals surface area (Å²) in [6.07, 6.45) is 12.8. The zero-order chi connectivity index (χ0) is 30.1. The summed E-state index contributed by atoms with van der Waals surface area (Å²) in [5, 5.41) is 3.04. The van der Waals surface area contributed by atoms with E-state index in [0.717, 1.165) is 80.7 Å². The first-order valence-electron chi connectivity index (χ1n) is 14.8. The second-order valence-corrected chi connectivity index (χ2v) is 11.4. The molecule has 1 atom stereocenters. The molecule has 224 valence electrons. The Morgan fingerprint density at radius 3 is 2.52 bits per heavy atom. The quantitative estimate of drug-likeness (QED) is 0.308. The molecule has 5 rings (SSSR count). The zero-order valence-electron chi connectivity index (χ0n) is 24.8. The molecule has 0 unspecified atom stereocenters. The molecule has 5 N–H and O–H groups in total. The standard InChI is InChI=1S/C32H41N5O2.CH3NO/c1-23-29(21-35(2)19-24-8-4-3-5-9-24)25(12-13-30(23)33)18-28(22-38)36-16-14-27(15-17-36)37-20-26-10-6-7-11-31(26)34-32(37)39;2-1-3/h4,6-13,22,27-28H,3,5,14-21,33H2,1-2H3,(H,34,39);1H,(H2,2,3)/t28-;/m1./s1. The minimum atomic E-state index is -0.196. The maximum absolute atomic E-state index is 12.8. The number of nitrogens with two attached hydrogens (primary N) is 2. The van der Waals surface area contributed by atoms with Crippen molar-refractivity contribution in [3.05, 3.63) is 82.5 Å². The van der Waals surface area contributed by atoms with Gasteiger partial charge in [0, 0.05) is 50.1 Å². The average molecular weight is 573 g/mol. The van der Waals surface area contributed by atoms with Crippen LogP contribution in [0.15, 0.2) is 60.2 Å². The molecule has 1 aliphatic carbocycles. The number of likely N-dealkylation sites (N-methyl/N-ethyl adjacent to an activating group) is 1. The van der Waals surface area contributed by atoms with Gasteiger partial charge in [-0.2, -0.15) is 0 Å². The third-order valence-corrected chi connectivity index (χ3v) is 8.55. The van der Waals surface area contributed by atoms with Crippen molar-refractivity contribution in [2.45, 2.75) is 64.2 Å². The van der Waals surface area contributed by atoms with Crippen LogP contribution >= 0.6 is 0 Å². The van der Waals surface area contributed by atoms with Gasteiger partial charge >= 0.3 is 6.03 Å². The molecule has 3 amide bonds. The molecule has 42 heavy (non-hydrogen) atoms. The number of fused-ring (bicyclic) bond motifs is 1. The molecule has 0 saturated carbocycles. The zero-order valence-corrected chi connectivity index (χ0v) is 24.8. The van der Waals surface area contributed by atoms with E-state index in [-0.39, 0.29) is 24.5 Å². The van der Waals surface area contributed by atoms with Gasteiger partial charge in [-0.3, -0.25) is 14.6 Å². The van der Waals surface area contributed by atoms with Crippen LogP contribution in [-0.4, -0.2) is 72.2 Å². The van der Waals surface area contributed by atoms with E-state index in [2.05, 4.69) is 65.2 Å². The summed E-state index contributed by atoms with van der Waals surface area (Å²) in [6.45, 7) is 6.00. The van der Waals surface area contributed by atoms with E-state index < -0.39 is 0 Å². The Hall–Kier alpha value is -3.95. The first-order chi connectivity index (χ1) is 20.3. The molecule has 0 bridgehead atoms. The number of allylic oxidation sites excluding steroid dienone is 2. The molecule has 0 radical (unpaired) electrons. The Kier molecular flexibility index (Phi) is 10.9. The molecule has 1 saturated heterocycles. The van der Waals surface area contributed by atoms with Crippen molar-refractivity contribution in [3.8, 4) is 0 Å². The molecule has 0 spiro atoms. The number of aldehydes is 1. The number of para-hydroxylation sites is 1. The van der Waals surface area contributed by atoms with Gasteiger partial charge in [-0.1, -0.05) is 42.5 Å². The fourth-order valence-corrected chi connectivity index (χ4v) is 6.20. The van der Waals surface area contributed by atoms with Crippen molar-refractivity contribution in [1.82, 2.24) is 14.7 Å². The Balaban J connectivity index is 0.00000129. The van der Waals surface area contributed by atoms with Crippen LogP contribution in [0.5, 0.6) is 0 Å². The summed E-state index contributed by atoms with van der Waals surface area (Å²) in [7, 11) is 2.15. The number of hydrogen-bond donors (Lipinski definition) is 3. The van der Waals surface area contributed by atoms with Crippen LogP contribution in [0.1, 0.15) is 47.9 Å². The van der Waals surface area contributed by atoms with Gasteiger partial charge < -0.3 is 26.5 Å². The summed E-state index contributed by atoms with van der Waals surface area (Å²) in [6, 6.07) is 12.0. The van der Waals surface area contributed by atoms with Crippen LogP contribution in [0.25, 0.3) is 0 Å². The van der Waals surface area contributed by atoms with Gasteiger partial charge in [0.05, 0.1) is 6.04 Å². The number of likely N-dealkylation sites (tertiary alicyclic amines) is 1. The Labute approximate surface area is 249 Å². The number of carbonyl (C=O) groups excluding carboxylic acids is 3. The molecule has 9 nitrogen and oxygen atoms in total. The third kappa shape index (κ3) is 7.66. The SMILES string of the molecule is Cc1c(N)ccc(C[C@H](C=O)N2CCC(N3Cc4ccccc4NC3=O)CC2)c1CN(C)CC1=CCCC=C1.NC=O. The van der Waals surface area contributed by atoms with Gasteiger partial charge in [-0.25, -0.2) is 4.79 Å². The summed E-state index contributed by atoms with van der Waals surface area (Å²) in [5.41, 5.74) is 18.2. The number of hydrogen-bond acceptors (Lipinski definition) is 6. The molecule has 3 aliphatic rings. The normalized spacial score (nSPS) is 17.9. The number of carbonyl (C=O) groups is 3. The molecular formula is C33H44N6O3. The Morgan fingerprint density at radius 1 is 1.10 bits per heavy atom. The number of rotatable bonds is 9. The number of amides is 3. The molecular weight excluding hydrogens is 528 g/mol. The van der Waals surface area contributed by atoms with E-state index in [9.17, 15) is 9.59 Å². The lowest BCUT2D eigenvalue weighted by Gasteiger charge is -2.42. The van der Waals surface area contributed by atoms with E-state index in [0.29, 0.717) is 13.0 Å². The highest BCUT2D eigenvalue weighted by atomic mass is 16.2. The third-order valence-electron chi connectivity index (χ3n) is 8.55. The van der Waals surface area contributed by atoms with Crippen LogP contribution in [0.2, 0.25) is 0 Å². The molecule has 2 aromatic carbocycles. The van der Waals surface area contributed by atoms with Crippen LogP contribution < -0.4 is 16.8 Å². The largest absolute Gasteiger partial charge is 0.399 e. The minimum absolute atomic E-state index is 0.0234. The minimum Gasteiger partial charge on any atom is -0.399 e. The van der Waals surface area contributed by atoms with E-state index in [1.54, 1.807) is 0 Å². The van der Waals surface area contributed by atoms with Gasteiger partial charge in [0.25, 0.3) is 0 Å². The number of urea groups is 1. The van der Waals surface area contributed by atoms with Crippen molar-refractivity contribution in [3.63, 3.8) is 0 Å². The molecule has 2 aromatic rings. The highest BCUT2D eigenvalue weighted by Crippen LogP contribution is 2.29. The van der Waals surface area contributed by atoms with Crippen molar-refractivity contribution >= 4 is 30.1 Å². The van der Waals surface area contributed by atoms with Crippen LogP contribution in [0, 0.1) is 6.92 Å². The second-order valence-electron chi connectivity index (χ2n) is 11.4. The van der Waals surface area contributed by atoms with E-state index in [1.165, 1.54) is 16.7 Å². The highest BCUT2D eigenvalue weighted by molar-refractivity contribution is 5.92. The fraction of sp³-hybridized carbons (Fsp3) is 0.424. The summed E-state index contributed by atoms with van der Waals surface area (Å²) in [4.78, 5) is 40.3. The van der Waals surface area contributed by atoms with E-state index in [4.69, 9.17) is 10.5 Å². The van der Waals surface area contributed by atoms with Crippen molar-refractivity contribution < 1.29 is 14.4 Å². The number of anilines is 2. The lowest BCUT2D eigenvalue weighted by molar-refractivity contribution is -0.113. The monoisotopic (exact) mass is 572 g/mol. The number of benzene rings is 2. The van der Waals surface area contributed by atoms with Gasteiger partial charge in [-0.15, -0.1) is 0 Å². The first-order valence-corrected chi connectivity index (χ1v) is 14.8. The van der Waals surface area contributed by atoms with Gasteiger partial charge in [0.2, 0.25) is 6.41 Å². The van der Waals surface area contributed by atoms with Crippen LogP contribution in [-0.2, 0) is 29.1 Å². The van der Waals surface area contributed by atoms with Gasteiger partial charge in [0.15, 0.2) is 0 Å². The summed E-state index contributed by atoms with van der Waals surface area (Å²) in [5.74, 6) is 0. The summed E-state index contributed by atoms with van der Waals surface area (Å²) < 4.78 is 0. The smallest absolute Gasteiger partial charge is 0.322 e. The van der Waals surface area contributed by atoms with E-state index in [1.807, 2.05) is 29.2 Å². The number of nitrogens with one attached hydrogen (secondary N) is 1. The molecule has 1 fully saturated rings. The van der Waals surface area contributed by atoms with Crippen molar-refractivity contribution in [2.75, 3.05) is 37.7 Å². The lowest BCUT2D eigenvalue weighted by Crippen LogP contribution is -2.52. The lowest BCUT2D eigenvalue weighted by atomic mass is 9.93. The Bertz CT molecular complexity index is 1310. The summed E-state index contributed by atoms with van der Waals surface area (Å²) >= 11 is 0. The molecule has 9 heteroatoms. The predicted octanol–water partition coefficient (Wildman–Crippen LogP) is 4.01. The van der Waals surface area contributed by atoms with Crippen molar-refractivity contribution in [2.24, 2.45) is 5.73 Å². The maximum atomic E-state index is 12.8. The van der Waals surface area contributed by atoms with Crippen LogP contribution in [0.4, 0.5) is 16.2 Å². The number of nitrogens with zero attached hydrogens (tertiary/aromatic N) is 3. The van der Waals surface area contributed by atoms with E-state index >= 15 is 0 Å². The fourth-order valence-electron chi connectivity index (χ4n) is 6.20. The van der Waals surface area contributed by atoms with Crippen LogP contribution in [0.3, 0.4) is 0 Å². The Morgan fingerprint density at radius 2 is 1.83 bits per heavy atom. The topological polar surface area (TPSA) is 125 Å². The molecule has 0 aromatic heterocycles. The second kappa shape index (κ2) is 14.8. The van der Waals surface area contributed by atoms with Crippen molar-refractivity contribution in [1.29, 1.82) is 0 Å². The highest BCUT2D eigenvalue weighted by Gasteiger charge is 2.33. The molecule has 2 heterocycles. The number of piperidine rings is 1. The number of nitrogen functional groups attached to an aromatic ring is 1. The maximum Gasteiger partial charge on any atom is 0.322 e. The van der Waals surface area contributed by atoms with Gasteiger partial charge in [-0.05, 0) is 86.0 Å². The molecule has 2 aliphatic heterocycles. The predicted molar refractivity (Wildman–Crippen MR) is 168 cm³/mol. The first kappa shape index (κ1) is 31.0.